The summed E-state index contributed by atoms with van der Waals surface area (Å²) in [5.41, 5.74) is 0. The van der Waals surface area contributed by atoms with Gasteiger partial charge in [-0.3, -0.25) is 0 Å². The van der Waals surface area contributed by atoms with Gasteiger partial charge in [0.1, 0.15) is 28.8 Å². The average molecular weight is 299 g/mol. The van der Waals surface area contributed by atoms with E-state index in [-0.39, 0.29) is 23.0 Å². The van der Waals surface area contributed by atoms with Crippen molar-refractivity contribution in [2.75, 3.05) is 6.54 Å². The Hall–Kier alpha value is -1.64. The summed E-state index contributed by atoms with van der Waals surface area (Å²) in [6.45, 7) is 1.54. The number of imidazole rings is 1. The second-order valence-electron chi connectivity index (χ2n) is 4.33. The first-order chi connectivity index (χ1) is 9.53. The predicted molar refractivity (Wildman–Crippen MR) is 71.5 cm³/mol. The van der Waals surface area contributed by atoms with Gasteiger partial charge in [0.05, 0.1) is 0 Å². The highest BCUT2D eigenvalue weighted by atomic mass is 32.2. The van der Waals surface area contributed by atoms with Crippen LogP contribution in [0.5, 0.6) is 0 Å². The van der Waals surface area contributed by atoms with E-state index in [1.807, 2.05) is 0 Å². The van der Waals surface area contributed by atoms with Crippen molar-refractivity contribution in [3.8, 4) is 0 Å². The van der Waals surface area contributed by atoms with Crippen LogP contribution in [0.2, 0.25) is 0 Å². The molecule has 0 unspecified atom stereocenters. The van der Waals surface area contributed by atoms with Crippen molar-refractivity contribution >= 4 is 10.0 Å². The van der Waals surface area contributed by atoms with E-state index in [4.69, 9.17) is 9.52 Å². The molecule has 2 aromatic rings. The summed E-state index contributed by atoms with van der Waals surface area (Å²) >= 11 is 0. The second-order valence-corrected chi connectivity index (χ2v) is 6.06. The number of aliphatic hydroxyl groups is 1. The highest BCUT2D eigenvalue weighted by Crippen LogP contribution is 2.19. The molecule has 3 N–H and O–H groups in total. The topological polar surface area (TPSA) is 108 Å². The number of aryl methyl sites for hydroxylation is 2. The molecule has 110 valence electrons. The summed E-state index contributed by atoms with van der Waals surface area (Å²) in [5.74, 6) is 1.33. The molecule has 0 saturated heterocycles. The molecular weight excluding hydrogens is 282 g/mol. The van der Waals surface area contributed by atoms with Gasteiger partial charge < -0.3 is 14.5 Å². The third kappa shape index (κ3) is 3.47. The summed E-state index contributed by atoms with van der Waals surface area (Å²) in [6, 6.07) is 1.34. The van der Waals surface area contributed by atoms with Crippen LogP contribution in [0, 0.1) is 6.92 Å². The van der Waals surface area contributed by atoms with Gasteiger partial charge in [-0.25, -0.2) is 18.1 Å². The number of H-pyrrole nitrogens is 1. The van der Waals surface area contributed by atoms with Gasteiger partial charge in [-0.05, 0) is 13.3 Å². The van der Waals surface area contributed by atoms with Crippen LogP contribution in [0.1, 0.15) is 23.8 Å². The molecule has 0 bridgehead atoms. The molecule has 2 heterocycles. The van der Waals surface area contributed by atoms with E-state index in [0.29, 0.717) is 19.4 Å². The first kappa shape index (κ1) is 14.8. The van der Waals surface area contributed by atoms with Crippen molar-refractivity contribution in [1.82, 2.24) is 14.7 Å². The van der Waals surface area contributed by atoms with E-state index in [1.165, 1.54) is 6.07 Å². The van der Waals surface area contributed by atoms with E-state index in [0.717, 1.165) is 5.82 Å². The fraction of sp³-hybridized carbons (Fsp3) is 0.417. The Morgan fingerprint density at radius 1 is 1.50 bits per heavy atom. The predicted octanol–water partition coefficient (Wildman–Crippen LogP) is 0.715. The largest absolute Gasteiger partial charge is 0.462 e. The van der Waals surface area contributed by atoms with Crippen LogP contribution in [0.3, 0.4) is 0 Å². The molecule has 0 aliphatic carbocycles. The number of nitrogens with one attached hydrogen (secondary N) is 2. The van der Waals surface area contributed by atoms with Gasteiger partial charge in [0.25, 0.3) is 0 Å². The van der Waals surface area contributed by atoms with Gasteiger partial charge >= 0.3 is 0 Å². The van der Waals surface area contributed by atoms with Gasteiger partial charge in [-0.2, -0.15) is 0 Å². The monoisotopic (exact) mass is 299 g/mol. The van der Waals surface area contributed by atoms with Crippen molar-refractivity contribution < 1.29 is 17.9 Å². The highest BCUT2D eigenvalue weighted by Gasteiger charge is 2.20. The van der Waals surface area contributed by atoms with E-state index in [2.05, 4.69) is 14.7 Å². The molecule has 0 spiro atoms. The number of hydrogen-bond donors (Lipinski definition) is 3. The van der Waals surface area contributed by atoms with E-state index < -0.39 is 10.0 Å². The molecule has 0 aliphatic heterocycles. The number of aromatic nitrogens is 2. The maximum atomic E-state index is 12.1. The first-order valence-electron chi connectivity index (χ1n) is 6.21. The molecule has 0 atom stereocenters. The summed E-state index contributed by atoms with van der Waals surface area (Å²) in [6.07, 6.45) is 4.69. The van der Waals surface area contributed by atoms with Crippen LogP contribution in [0.4, 0.5) is 0 Å². The van der Waals surface area contributed by atoms with Crippen LogP contribution < -0.4 is 4.72 Å². The van der Waals surface area contributed by atoms with Crippen LogP contribution >= 0.6 is 0 Å². The molecule has 20 heavy (non-hydrogen) atoms. The normalized spacial score (nSPS) is 11.9. The van der Waals surface area contributed by atoms with E-state index in [1.54, 1.807) is 19.3 Å². The Labute approximate surface area is 117 Å². The Bertz CT molecular complexity index is 646. The second kappa shape index (κ2) is 6.21. The van der Waals surface area contributed by atoms with Gasteiger partial charge in [-0.15, -0.1) is 0 Å². The number of nitrogens with zero attached hydrogens (tertiary/aromatic N) is 1. The molecule has 2 rings (SSSR count). The van der Waals surface area contributed by atoms with Gasteiger partial charge in [0.2, 0.25) is 10.0 Å². The number of aliphatic hydroxyl groups excluding tert-OH is 1. The van der Waals surface area contributed by atoms with Crippen LogP contribution in [-0.2, 0) is 23.1 Å². The number of rotatable bonds is 7. The molecular formula is C12H17N3O4S. The van der Waals surface area contributed by atoms with Crippen molar-refractivity contribution in [1.29, 1.82) is 0 Å². The lowest BCUT2D eigenvalue weighted by Gasteiger charge is -2.04. The Kier molecular flexibility index (Phi) is 4.58. The molecule has 0 saturated carbocycles. The summed E-state index contributed by atoms with van der Waals surface area (Å²) < 4.78 is 31.8. The Balaban J connectivity index is 1.91. The van der Waals surface area contributed by atoms with Crippen LogP contribution in [0.25, 0.3) is 0 Å². The number of sulfonamides is 1. The smallest absolute Gasteiger partial charge is 0.244 e. The van der Waals surface area contributed by atoms with Crippen LogP contribution in [0.15, 0.2) is 27.8 Å². The molecule has 0 aliphatic rings. The van der Waals surface area contributed by atoms with Gasteiger partial charge in [0, 0.05) is 31.4 Å². The lowest BCUT2D eigenvalue weighted by molar-refractivity contribution is 0.244. The molecule has 0 fully saturated rings. The van der Waals surface area contributed by atoms with Crippen molar-refractivity contribution in [2.45, 2.75) is 31.3 Å². The average Bonchev–Trinajstić information content (AvgIpc) is 3.04. The zero-order valence-electron chi connectivity index (χ0n) is 11.1. The number of furan rings is 1. The fourth-order valence-electron chi connectivity index (χ4n) is 1.84. The molecule has 7 nitrogen and oxygen atoms in total. The van der Waals surface area contributed by atoms with Gasteiger partial charge in [-0.1, -0.05) is 0 Å². The first-order valence-corrected chi connectivity index (χ1v) is 7.69. The van der Waals surface area contributed by atoms with Crippen LogP contribution in [-0.4, -0.2) is 30.0 Å². The lowest BCUT2D eigenvalue weighted by atomic mass is 10.3. The third-order valence-corrected chi connectivity index (χ3v) is 4.37. The third-order valence-electron chi connectivity index (χ3n) is 2.81. The van der Waals surface area contributed by atoms with E-state index in [9.17, 15) is 8.42 Å². The highest BCUT2D eigenvalue weighted by molar-refractivity contribution is 7.89. The SMILES string of the molecule is Cc1oc(CO)cc1S(=O)(=O)NCCCc1ncc[nH]1. The molecule has 0 amide bonds. The number of aromatic amines is 1. The van der Waals surface area contributed by atoms with Crippen molar-refractivity contribution in [3.05, 3.63) is 35.8 Å². The number of hydrogen-bond acceptors (Lipinski definition) is 5. The molecule has 8 heteroatoms. The zero-order chi connectivity index (χ0) is 14.6. The Morgan fingerprint density at radius 3 is 2.90 bits per heavy atom. The Morgan fingerprint density at radius 2 is 2.30 bits per heavy atom. The molecule has 0 radical (unpaired) electrons. The van der Waals surface area contributed by atoms with Gasteiger partial charge in [0.15, 0.2) is 0 Å². The molecule has 2 aromatic heterocycles. The maximum absolute atomic E-state index is 12.1. The minimum absolute atomic E-state index is 0.0690. The zero-order valence-corrected chi connectivity index (χ0v) is 11.9. The standard InChI is InChI=1S/C12H17N3O4S/c1-9-11(7-10(8-16)19-9)20(17,18)15-4-2-3-12-13-5-6-14-12/h5-7,15-16H,2-4,8H2,1H3,(H,13,14). The van der Waals surface area contributed by atoms with E-state index >= 15 is 0 Å². The minimum atomic E-state index is -3.61. The minimum Gasteiger partial charge on any atom is -0.462 e. The summed E-state index contributed by atoms with van der Waals surface area (Å²) in [7, 11) is -3.61. The van der Waals surface area contributed by atoms with Crippen molar-refractivity contribution in [2.24, 2.45) is 0 Å². The molecule has 0 aromatic carbocycles. The maximum Gasteiger partial charge on any atom is 0.244 e. The van der Waals surface area contributed by atoms with Crippen molar-refractivity contribution in [3.63, 3.8) is 0 Å². The summed E-state index contributed by atoms with van der Waals surface area (Å²) in [5, 5.41) is 8.94. The quantitative estimate of drug-likeness (QED) is 0.653. The fourth-order valence-corrected chi connectivity index (χ4v) is 3.12. The lowest BCUT2D eigenvalue weighted by Crippen LogP contribution is -2.25. The summed E-state index contributed by atoms with van der Waals surface area (Å²) in [4.78, 5) is 7.09.